The summed E-state index contributed by atoms with van der Waals surface area (Å²) in [6, 6.07) is 7.80. The lowest BCUT2D eigenvalue weighted by Gasteiger charge is -2.03. The number of aromatic nitrogens is 1. The van der Waals surface area contributed by atoms with Crippen LogP contribution in [0.15, 0.2) is 42.7 Å². The van der Waals surface area contributed by atoms with Crippen LogP contribution in [0, 0.1) is 5.82 Å². The van der Waals surface area contributed by atoms with Gasteiger partial charge in [-0.3, -0.25) is 9.78 Å². The van der Waals surface area contributed by atoms with Crippen LogP contribution in [-0.4, -0.2) is 10.2 Å². The molecule has 0 saturated carbocycles. The maximum absolute atomic E-state index is 13.2. The smallest absolute Gasteiger partial charge is 0.255 e. The predicted octanol–water partition coefficient (Wildman–Crippen LogP) is 3.27. The molecule has 0 radical (unpaired) electrons. The zero-order valence-corrected chi connectivity index (χ0v) is 8.91. The molecule has 80 valence electrons. The van der Waals surface area contributed by atoms with E-state index in [0.717, 1.165) is 11.1 Å². The Morgan fingerprint density at radius 2 is 1.81 bits per heavy atom. The Morgan fingerprint density at radius 3 is 2.44 bits per heavy atom. The van der Waals surface area contributed by atoms with Crippen LogP contribution < -0.4 is 0 Å². The molecule has 1 aromatic carbocycles. The number of carbonyl (C=O) groups is 1. The van der Waals surface area contributed by atoms with Crippen molar-refractivity contribution < 1.29 is 9.18 Å². The number of hydrogen-bond acceptors (Lipinski definition) is 2. The van der Waals surface area contributed by atoms with Gasteiger partial charge in [-0.25, -0.2) is 4.39 Å². The number of halogens is 2. The van der Waals surface area contributed by atoms with Gasteiger partial charge in [-0.15, -0.1) is 0 Å². The van der Waals surface area contributed by atoms with Gasteiger partial charge in [0.2, 0.25) is 0 Å². The highest BCUT2D eigenvalue weighted by Gasteiger charge is 2.10. The molecule has 0 saturated heterocycles. The maximum atomic E-state index is 13.2. The van der Waals surface area contributed by atoms with Crippen LogP contribution >= 0.6 is 11.6 Å². The number of rotatable bonds is 2. The molecule has 0 aliphatic heterocycles. The molecule has 1 aromatic heterocycles. The Bertz CT molecular complexity index is 528. The van der Waals surface area contributed by atoms with E-state index in [1.54, 1.807) is 30.6 Å². The summed E-state index contributed by atoms with van der Waals surface area (Å²) < 4.78 is 13.2. The van der Waals surface area contributed by atoms with Gasteiger partial charge in [0, 0.05) is 12.4 Å². The van der Waals surface area contributed by atoms with Crippen molar-refractivity contribution in [3.63, 3.8) is 0 Å². The monoisotopic (exact) mass is 235 g/mol. The van der Waals surface area contributed by atoms with Gasteiger partial charge in [0.15, 0.2) is 0 Å². The topological polar surface area (TPSA) is 30.0 Å². The molecule has 0 fully saturated rings. The van der Waals surface area contributed by atoms with Crippen LogP contribution in [0.5, 0.6) is 0 Å². The molecule has 2 rings (SSSR count). The average molecular weight is 236 g/mol. The third-order valence-electron chi connectivity index (χ3n) is 2.19. The molecule has 0 amide bonds. The van der Waals surface area contributed by atoms with Crippen molar-refractivity contribution in [2.24, 2.45) is 0 Å². The maximum Gasteiger partial charge on any atom is 0.255 e. The van der Waals surface area contributed by atoms with Crippen molar-refractivity contribution in [1.82, 2.24) is 4.98 Å². The Hall–Kier alpha value is -1.74. The van der Waals surface area contributed by atoms with E-state index in [1.165, 1.54) is 12.1 Å². The van der Waals surface area contributed by atoms with E-state index in [0.29, 0.717) is 0 Å². The zero-order chi connectivity index (χ0) is 11.5. The number of hydrogen-bond donors (Lipinski definition) is 0. The molecule has 0 bridgehead atoms. The molecule has 2 aromatic rings. The van der Waals surface area contributed by atoms with Crippen molar-refractivity contribution in [2.75, 3.05) is 0 Å². The summed E-state index contributed by atoms with van der Waals surface area (Å²) in [5.74, 6) is -0.613. The quantitative estimate of drug-likeness (QED) is 0.748. The lowest BCUT2D eigenvalue weighted by atomic mass is 10.0. The molecule has 2 nitrogen and oxygen atoms in total. The first-order valence-corrected chi connectivity index (χ1v) is 4.96. The number of pyridine rings is 1. The number of nitrogens with zero attached hydrogens (tertiary/aromatic N) is 1. The molecule has 0 spiro atoms. The first kappa shape index (κ1) is 10.8. The summed E-state index contributed by atoms with van der Waals surface area (Å²) in [6.45, 7) is 0. The van der Waals surface area contributed by atoms with E-state index < -0.39 is 11.1 Å². The van der Waals surface area contributed by atoms with E-state index in [-0.39, 0.29) is 5.56 Å². The second-order valence-electron chi connectivity index (χ2n) is 3.20. The Morgan fingerprint density at radius 1 is 1.12 bits per heavy atom. The molecule has 0 aliphatic carbocycles. The summed E-state index contributed by atoms with van der Waals surface area (Å²) in [4.78, 5) is 14.8. The molecular weight excluding hydrogens is 229 g/mol. The third-order valence-corrected chi connectivity index (χ3v) is 2.40. The second-order valence-corrected chi connectivity index (χ2v) is 3.55. The van der Waals surface area contributed by atoms with E-state index >= 15 is 0 Å². The molecule has 1 heterocycles. The average Bonchev–Trinajstić information content (AvgIpc) is 2.30. The zero-order valence-electron chi connectivity index (χ0n) is 8.15. The molecule has 0 N–H and O–H groups in total. The summed E-state index contributed by atoms with van der Waals surface area (Å²) in [5.41, 5.74) is 1.47. The SMILES string of the molecule is O=C(Cl)c1cc(-c2ccncc2)ccc1F. The highest BCUT2D eigenvalue weighted by atomic mass is 35.5. The van der Waals surface area contributed by atoms with Crippen molar-refractivity contribution in [1.29, 1.82) is 0 Å². The van der Waals surface area contributed by atoms with Crippen LogP contribution in [0.3, 0.4) is 0 Å². The first-order chi connectivity index (χ1) is 7.68. The molecular formula is C12H7ClFNO. The number of benzene rings is 1. The third kappa shape index (κ3) is 2.09. The molecule has 0 atom stereocenters. The van der Waals surface area contributed by atoms with Crippen molar-refractivity contribution in [3.05, 3.63) is 54.1 Å². The van der Waals surface area contributed by atoms with Gasteiger partial charge in [0.1, 0.15) is 5.82 Å². The Kier molecular flexibility index (Phi) is 2.97. The van der Waals surface area contributed by atoms with E-state index in [2.05, 4.69) is 4.98 Å². The Balaban J connectivity index is 2.52. The lowest BCUT2D eigenvalue weighted by molar-refractivity contribution is 0.107. The highest BCUT2D eigenvalue weighted by Crippen LogP contribution is 2.22. The summed E-state index contributed by atoms with van der Waals surface area (Å²) in [5, 5.41) is -0.798. The summed E-state index contributed by atoms with van der Waals surface area (Å²) >= 11 is 5.28. The van der Waals surface area contributed by atoms with Crippen LogP contribution in [0.2, 0.25) is 0 Å². The van der Waals surface area contributed by atoms with E-state index in [4.69, 9.17) is 11.6 Å². The van der Waals surface area contributed by atoms with Crippen molar-refractivity contribution >= 4 is 16.8 Å². The summed E-state index contributed by atoms with van der Waals surface area (Å²) in [7, 11) is 0. The fourth-order valence-corrected chi connectivity index (χ4v) is 1.54. The van der Waals surface area contributed by atoms with E-state index in [1.807, 2.05) is 0 Å². The Labute approximate surface area is 96.7 Å². The van der Waals surface area contributed by atoms with Crippen molar-refractivity contribution in [2.45, 2.75) is 0 Å². The minimum absolute atomic E-state index is 0.115. The van der Waals surface area contributed by atoms with Crippen molar-refractivity contribution in [3.8, 4) is 11.1 Å². The summed E-state index contributed by atoms with van der Waals surface area (Å²) in [6.07, 6.45) is 3.25. The molecule has 0 aliphatic rings. The van der Waals surface area contributed by atoms with E-state index in [9.17, 15) is 9.18 Å². The van der Waals surface area contributed by atoms with Crippen LogP contribution in [0.4, 0.5) is 4.39 Å². The van der Waals surface area contributed by atoms with Gasteiger partial charge >= 0.3 is 0 Å². The van der Waals surface area contributed by atoms with Gasteiger partial charge in [-0.2, -0.15) is 0 Å². The fraction of sp³-hybridized carbons (Fsp3) is 0. The van der Waals surface area contributed by atoms with Gasteiger partial charge in [0.05, 0.1) is 5.56 Å². The largest absolute Gasteiger partial charge is 0.275 e. The molecule has 4 heteroatoms. The van der Waals surface area contributed by atoms with Gasteiger partial charge in [0.25, 0.3) is 5.24 Å². The normalized spacial score (nSPS) is 10.1. The van der Waals surface area contributed by atoms with Gasteiger partial charge in [-0.1, -0.05) is 6.07 Å². The van der Waals surface area contributed by atoms with Crippen LogP contribution in [0.1, 0.15) is 10.4 Å². The standard InChI is InChI=1S/C12H7ClFNO/c13-12(16)10-7-9(1-2-11(10)14)8-3-5-15-6-4-8/h1-7H. The molecule has 16 heavy (non-hydrogen) atoms. The first-order valence-electron chi connectivity index (χ1n) is 4.58. The minimum atomic E-state index is -0.798. The van der Waals surface area contributed by atoms with Gasteiger partial charge in [-0.05, 0) is 47.0 Å². The van der Waals surface area contributed by atoms with Gasteiger partial charge < -0.3 is 0 Å². The molecule has 0 unspecified atom stereocenters. The fourth-order valence-electron chi connectivity index (χ4n) is 1.40. The predicted molar refractivity (Wildman–Crippen MR) is 59.8 cm³/mol. The van der Waals surface area contributed by atoms with Crippen LogP contribution in [-0.2, 0) is 0 Å². The highest BCUT2D eigenvalue weighted by molar-refractivity contribution is 6.67. The minimum Gasteiger partial charge on any atom is -0.275 e. The van der Waals surface area contributed by atoms with Crippen LogP contribution in [0.25, 0.3) is 11.1 Å². The second kappa shape index (κ2) is 4.41. The number of carbonyl (C=O) groups excluding carboxylic acids is 1. The lowest BCUT2D eigenvalue weighted by Crippen LogP contribution is -1.94.